The minimum Gasteiger partial charge on any atom is -0.368 e. The molecular weight excluding hydrogens is 248 g/mol. The van der Waals surface area contributed by atoms with Crippen molar-refractivity contribution in [2.24, 2.45) is 17.6 Å². The van der Waals surface area contributed by atoms with Crippen molar-refractivity contribution >= 4 is 0 Å². The van der Waals surface area contributed by atoms with Crippen LogP contribution in [0.3, 0.4) is 0 Å². The van der Waals surface area contributed by atoms with Crippen LogP contribution in [0.5, 0.6) is 0 Å². The third-order valence-electron chi connectivity index (χ3n) is 5.80. The third kappa shape index (κ3) is 2.65. The Hall–Kier alpha value is -0.120. The number of piperidine rings is 1. The van der Waals surface area contributed by atoms with Gasteiger partial charge in [0.05, 0.1) is 16.7 Å². The van der Waals surface area contributed by atoms with Crippen LogP contribution in [0, 0.1) is 11.8 Å². The van der Waals surface area contributed by atoms with Crippen molar-refractivity contribution in [2.45, 2.75) is 77.5 Å². The van der Waals surface area contributed by atoms with Gasteiger partial charge in [0.1, 0.15) is 0 Å². The van der Waals surface area contributed by atoms with E-state index in [0.29, 0.717) is 6.54 Å². The van der Waals surface area contributed by atoms with Crippen molar-refractivity contribution < 1.29 is 4.74 Å². The highest BCUT2D eigenvalue weighted by Gasteiger charge is 2.59. The van der Waals surface area contributed by atoms with Gasteiger partial charge in [-0.25, -0.2) is 0 Å². The largest absolute Gasteiger partial charge is 0.368 e. The highest BCUT2D eigenvalue weighted by atomic mass is 16.5. The summed E-state index contributed by atoms with van der Waals surface area (Å²) in [5.74, 6) is 1.68. The molecule has 1 unspecified atom stereocenters. The zero-order valence-electron chi connectivity index (χ0n) is 14.3. The number of rotatable bonds is 3. The molecule has 0 bridgehead atoms. The highest BCUT2D eigenvalue weighted by molar-refractivity contribution is 5.13. The van der Waals surface area contributed by atoms with Crippen molar-refractivity contribution in [2.75, 3.05) is 19.6 Å². The van der Waals surface area contributed by atoms with E-state index in [1.165, 1.54) is 25.9 Å². The first-order chi connectivity index (χ1) is 9.13. The van der Waals surface area contributed by atoms with Gasteiger partial charge in [-0.2, -0.15) is 0 Å². The molecule has 0 aromatic carbocycles. The molecule has 2 heterocycles. The molecule has 1 atom stereocenters. The Balaban J connectivity index is 2.17. The Morgan fingerprint density at radius 1 is 1.15 bits per heavy atom. The molecule has 2 aliphatic rings. The quantitative estimate of drug-likeness (QED) is 0.864. The van der Waals surface area contributed by atoms with Gasteiger partial charge in [0.25, 0.3) is 0 Å². The lowest BCUT2D eigenvalue weighted by Crippen LogP contribution is -2.65. The first-order valence-electron chi connectivity index (χ1n) is 8.29. The molecule has 2 N–H and O–H groups in total. The molecule has 3 heteroatoms. The monoisotopic (exact) mass is 282 g/mol. The lowest BCUT2D eigenvalue weighted by Gasteiger charge is -2.50. The first-order valence-corrected chi connectivity index (χ1v) is 8.29. The van der Waals surface area contributed by atoms with Gasteiger partial charge in [-0.15, -0.1) is 0 Å². The summed E-state index contributed by atoms with van der Waals surface area (Å²) in [5.41, 5.74) is 6.03. The zero-order chi connectivity index (χ0) is 15.2. The van der Waals surface area contributed by atoms with Crippen LogP contribution >= 0.6 is 0 Å². The van der Waals surface area contributed by atoms with Gasteiger partial charge in [0.15, 0.2) is 0 Å². The van der Waals surface area contributed by atoms with Crippen molar-refractivity contribution in [3.63, 3.8) is 0 Å². The molecule has 0 spiro atoms. The standard InChI is InChI=1S/C17H34N2O/c1-13(2)14-7-9-19(10-8-14)17(12-18)11-15(3,4)20-16(17,5)6/h13-14H,7-12,18H2,1-6H3. The Morgan fingerprint density at radius 3 is 2.05 bits per heavy atom. The van der Waals surface area contributed by atoms with E-state index >= 15 is 0 Å². The van der Waals surface area contributed by atoms with E-state index in [-0.39, 0.29) is 16.7 Å². The van der Waals surface area contributed by atoms with Crippen LogP contribution in [0.25, 0.3) is 0 Å². The molecule has 0 aromatic rings. The molecule has 2 fully saturated rings. The Bertz CT molecular complexity index is 343. The molecule has 2 rings (SSSR count). The molecule has 118 valence electrons. The maximum atomic E-state index is 6.35. The molecule has 0 aromatic heterocycles. The third-order valence-corrected chi connectivity index (χ3v) is 5.80. The van der Waals surface area contributed by atoms with Crippen LogP contribution in [0.4, 0.5) is 0 Å². The van der Waals surface area contributed by atoms with Gasteiger partial charge in [-0.3, -0.25) is 4.90 Å². The summed E-state index contributed by atoms with van der Waals surface area (Å²) in [6.45, 7) is 16.6. The zero-order valence-corrected chi connectivity index (χ0v) is 14.3. The molecule has 0 amide bonds. The molecule has 2 saturated heterocycles. The van der Waals surface area contributed by atoms with E-state index in [1.54, 1.807) is 0 Å². The van der Waals surface area contributed by atoms with Crippen LogP contribution in [0.1, 0.15) is 60.8 Å². The van der Waals surface area contributed by atoms with Crippen molar-refractivity contribution in [3.8, 4) is 0 Å². The average molecular weight is 282 g/mol. The Kier molecular flexibility index (Phi) is 4.27. The summed E-state index contributed by atoms with van der Waals surface area (Å²) in [7, 11) is 0. The summed E-state index contributed by atoms with van der Waals surface area (Å²) in [6, 6.07) is 0. The second-order valence-corrected chi connectivity index (χ2v) is 8.35. The summed E-state index contributed by atoms with van der Waals surface area (Å²) >= 11 is 0. The second-order valence-electron chi connectivity index (χ2n) is 8.35. The van der Waals surface area contributed by atoms with Gasteiger partial charge < -0.3 is 10.5 Å². The fourth-order valence-corrected chi connectivity index (χ4v) is 4.67. The minimum absolute atomic E-state index is 0.00154. The lowest BCUT2D eigenvalue weighted by atomic mass is 9.75. The fourth-order valence-electron chi connectivity index (χ4n) is 4.67. The summed E-state index contributed by atoms with van der Waals surface area (Å²) in [4.78, 5) is 2.64. The first kappa shape index (κ1) is 16.3. The summed E-state index contributed by atoms with van der Waals surface area (Å²) in [5, 5.41) is 0. The van der Waals surface area contributed by atoms with Crippen LogP contribution < -0.4 is 5.73 Å². The lowest BCUT2D eigenvalue weighted by molar-refractivity contribution is -0.109. The van der Waals surface area contributed by atoms with Gasteiger partial charge in [-0.1, -0.05) is 13.8 Å². The Morgan fingerprint density at radius 2 is 1.70 bits per heavy atom. The molecule has 3 nitrogen and oxygen atoms in total. The number of ether oxygens (including phenoxy) is 1. The molecule has 2 aliphatic heterocycles. The average Bonchev–Trinajstić information content (AvgIpc) is 2.54. The highest BCUT2D eigenvalue weighted by Crippen LogP contribution is 2.49. The van der Waals surface area contributed by atoms with Crippen LogP contribution in [-0.4, -0.2) is 41.3 Å². The summed E-state index contributed by atoms with van der Waals surface area (Å²) in [6.07, 6.45) is 3.64. The fraction of sp³-hybridized carbons (Fsp3) is 1.00. The molecule has 0 saturated carbocycles. The van der Waals surface area contributed by atoms with Crippen LogP contribution in [0.15, 0.2) is 0 Å². The second kappa shape index (κ2) is 5.26. The molecule has 0 aliphatic carbocycles. The SMILES string of the molecule is CC(C)C1CCN(C2(CN)CC(C)(C)OC2(C)C)CC1. The maximum Gasteiger partial charge on any atom is 0.0830 e. The Labute approximate surface area is 125 Å². The van der Waals surface area contributed by atoms with Gasteiger partial charge in [0, 0.05) is 6.54 Å². The van der Waals surface area contributed by atoms with E-state index in [4.69, 9.17) is 10.5 Å². The van der Waals surface area contributed by atoms with Gasteiger partial charge in [0.2, 0.25) is 0 Å². The number of hydrogen-bond donors (Lipinski definition) is 1. The molecule has 0 radical (unpaired) electrons. The predicted molar refractivity (Wildman–Crippen MR) is 84.8 cm³/mol. The topological polar surface area (TPSA) is 38.5 Å². The van der Waals surface area contributed by atoms with Crippen molar-refractivity contribution in [3.05, 3.63) is 0 Å². The number of nitrogens with zero attached hydrogens (tertiary/aromatic N) is 1. The van der Waals surface area contributed by atoms with E-state index < -0.39 is 0 Å². The maximum absolute atomic E-state index is 6.35. The predicted octanol–water partition coefficient (Wildman–Crippen LogP) is 3.03. The van der Waals surface area contributed by atoms with Crippen LogP contribution in [-0.2, 0) is 4.74 Å². The van der Waals surface area contributed by atoms with E-state index in [0.717, 1.165) is 18.3 Å². The number of likely N-dealkylation sites (tertiary alicyclic amines) is 1. The van der Waals surface area contributed by atoms with Gasteiger partial charge >= 0.3 is 0 Å². The summed E-state index contributed by atoms with van der Waals surface area (Å²) < 4.78 is 6.35. The molecular formula is C17H34N2O. The van der Waals surface area contributed by atoms with Gasteiger partial charge in [-0.05, 0) is 71.9 Å². The number of hydrogen-bond acceptors (Lipinski definition) is 3. The van der Waals surface area contributed by atoms with E-state index in [1.807, 2.05) is 0 Å². The van der Waals surface area contributed by atoms with Crippen molar-refractivity contribution in [1.29, 1.82) is 0 Å². The minimum atomic E-state index is -0.171. The van der Waals surface area contributed by atoms with E-state index in [2.05, 4.69) is 46.4 Å². The number of nitrogens with two attached hydrogens (primary N) is 1. The normalized spacial score (nSPS) is 34.8. The molecule has 20 heavy (non-hydrogen) atoms. The van der Waals surface area contributed by atoms with Crippen LogP contribution in [0.2, 0.25) is 0 Å². The van der Waals surface area contributed by atoms with Crippen molar-refractivity contribution in [1.82, 2.24) is 4.90 Å². The smallest absolute Gasteiger partial charge is 0.0830 e. The van der Waals surface area contributed by atoms with E-state index in [9.17, 15) is 0 Å².